The molecule has 0 radical (unpaired) electrons. The minimum absolute atomic E-state index is 0.240. The van der Waals surface area contributed by atoms with Gasteiger partial charge in [0.15, 0.2) is 0 Å². The lowest BCUT2D eigenvalue weighted by Crippen LogP contribution is -2.04. The second-order valence-electron chi connectivity index (χ2n) is 4.04. The van der Waals surface area contributed by atoms with Gasteiger partial charge in [-0.1, -0.05) is 52.5 Å². The van der Waals surface area contributed by atoms with Crippen LogP contribution in [0.3, 0.4) is 0 Å². The van der Waals surface area contributed by atoms with Crippen molar-refractivity contribution in [2.45, 2.75) is 34.6 Å². The van der Waals surface area contributed by atoms with Crippen LogP contribution in [0.15, 0.2) is 58.3 Å². The van der Waals surface area contributed by atoms with Crippen LogP contribution in [-0.4, -0.2) is 12.1 Å². The van der Waals surface area contributed by atoms with Crippen LogP contribution in [0.25, 0.3) is 16.5 Å². The maximum atomic E-state index is 12.0. The van der Waals surface area contributed by atoms with Crippen molar-refractivity contribution in [2.75, 3.05) is 7.11 Å². The minimum atomic E-state index is -0.430. The van der Waals surface area contributed by atoms with E-state index in [1.165, 1.54) is 0 Å². The van der Waals surface area contributed by atoms with Crippen molar-refractivity contribution in [3.05, 3.63) is 65.4 Å². The summed E-state index contributed by atoms with van der Waals surface area (Å²) in [5, 5.41) is 0.420. The molecule has 0 unspecified atom stereocenters. The zero-order valence-electron chi connectivity index (χ0n) is 15.4. The SMILES string of the molecule is C=C/C(=C\C=C/C)c1nc2cc(OC)ccc2c(=O)o1.CC.CC. The maximum absolute atomic E-state index is 12.0. The monoisotopic (exact) mass is 329 g/mol. The fraction of sp³-hybridized carbons (Fsp3) is 0.300. The van der Waals surface area contributed by atoms with Crippen molar-refractivity contribution in [1.82, 2.24) is 4.98 Å². The zero-order chi connectivity index (χ0) is 18.5. The molecular weight excluding hydrogens is 302 g/mol. The number of nitrogens with zero attached hydrogens (tertiary/aromatic N) is 1. The van der Waals surface area contributed by atoms with Gasteiger partial charge in [0.05, 0.1) is 18.0 Å². The third kappa shape index (κ3) is 5.54. The molecule has 0 aliphatic rings. The Labute approximate surface area is 144 Å². The fourth-order valence-electron chi connectivity index (χ4n) is 1.73. The van der Waals surface area contributed by atoms with Crippen molar-refractivity contribution in [2.24, 2.45) is 0 Å². The van der Waals surface area contributed by atoms with Gasteiger partial charge < -0.3 is 9.15 Å². The molecule has 24 heavy (non-hydrogen) atoms. The number of ether oxygens (including phenoxy) is 1. The van der Waals surface area contributed by atoms with E-state index in [4.69, 9.17) is 9.15 Å². The van der Waals surface area contributed by atoms with Gasteiger partial charge in [0.1, 0.15) is 5.75 Å². The van der Waals surface area contributed by atoms with Gasteiger partial charge in [-0.05, 0) is 25.1 Å². The number of benzene rings is 1. The van der Waals surface area contributed by atoms with Crippen LogP contribution in [0, 0.1) is 0 Å². The molecular formula is C20H27NO3. The second-order valence-corrected chi connectivity index (χ2v) is 4.04. The van der Waals surface area contributed by atoms with Gasteiger partial charge >= 0.3 is 5.63 Å². The molecule has 2 aromatic rings. The number of aromatic nitrogens is 1. The molecule has 4 nitrogen and oxygen atoms in total. The first kappa shape index (κ1) is 21.4. The molecule has 0 saturated heterocycles. The van der Waals surface area contributed by atoms with Crippen molar-refractivity contribution < 1.29 is 9.15 Å². The van der Waals surface area contributed by atoms with Gasteiger partial charge in [0.25, 0.3) is 0 Å². The Balaban J connectivity index is 0.00000123. The molecule has 2 rings (SSSR count). The molecule has 0 bridgehead atoms. The van der Waals surface area contributed by atoms with E-state index in [1.807, 2.05) is 46.8 Å². The van der Waals surface area contributed by atoms with E-state index < -0.39 is 5.63 Å². The molecule has 0 fully saturated rings. The van der Waals surface area contributed by atoms with Gasteiger partial charge in [-0.3, -0.25) is 0 Å². The number of rotatable bonds is 4. The van der Waals surface area contributed by atoms with Crippen LogP contribution in [-0.2, 0) is 0 Å². The lowest BCUT2D eigenvalue weighted by molar-refractivity contribution is 0.415. The molecule has 0 aliphatic carbocycles. The lowest BCUT2D eigenvalue weighted by Gasteiger charge is -2.03. The molecule has 130 valence electrons. The maximum Gasteiger partial charge on any atom is 0.347 e. The lowest BCUT2D eigenvalue weighted by atomic mass is 10.2. The largest absolute Gasteiger partial charge is 0.497 e. The molecule has 1 heterocycles. The highest BCUT2D eigenvalue weighted by atomic mass is 16.5. The van der Waals surface area contributed by atoms with Crippen LogP contribution in [0.5, 0.6) is 5.75 Å². The number of hydrogen-bond acceptors (Lipinski definition) is 4. The van der Waals surface area contributed by atoms with E-state index in [0.717, 1.165) is 0 Å². The third-order valence-electron chi connectivity index (χ3n) is 2.77. The second kappa shape index (κ2) is 11.9. The Morgan fingerprint density at radius 3 is 2.46 bits per heavy atom. The van der Waals surface area contributed by atoms with E-state index in [2.05, 4.69) is 11.6 Å². The topological polar surface area (TPSA) is 52.3 Å². The summed E-state index contributed by atoms with van der Waals surface area (Å²) in [5.41, 5.74) is 0.745. The summed E-state index contributed by atoms with van der Waals surface area (Å²) in [6.45, 7) is 13.6. The van der Waals surface area contributed by atoms with Crippen LogP contribution < -0.4 is 10.4 Å². The highest BCUT2D eigenvalue weighted by Crippen LogP contribution is 2.19. The van der Waals surface area contributed by atoms with E-state index in [0.29, 0.717) is 22.2 Å². The Bertz CT molecular complexity index is 755. The number of hydrogen-bond donors (Lipinski definition) is 0. The number of allylic oxidation sites excluding steroid dienone is 5. The Morgan fingerprint density at radius 2 is 1.92 bits per heavy atom. The first-order valence-electron chi connectivity index (χ1n) is 8.14. The van der Waals surface area contributed by atoms with E-state index in [1.54, 1.807) is 37.5 Å². The van der Waals surface area contributed by atoms with Crippen molar-refractivity contribution >= 4 is 16.5 Å². The molecule has 0 atom stereocenters. The minimum Gasteiger partial charge on any atom is -0.497 e. The smallest absolute Gasteiger partial charge is 0.347 e. The standard InChI is InChI=1S/C16H15NO3.2C2H6/c1-4-6-7-11(5-2)15-17-14-10-12(19-3)8-9-13(14)16(18)20-15;2*1-2/h4-10H,2H2,1,3H3;2*1-2H3/b6-4-,11-7+;;. The van der Waals surface area contributed by atoms with Crippen LogP contribution in [0.4, 0.5) is 0 Å². The first-order valence-corrected chi connectivity index (χ1v) is 8.14. The average Bonchev–Trinajstić information content (AvgIpc) is 2.65. The molecule has 0 spiro atoms. The molecule has 4 heteroatoms. The van der Waals surface area contributed by atoms with Gasteiger partial charge in [-0.25, -0.2) is 9.78 Å². The highest BCUT2D eigenvalue weighted by Gasteiger charge is 2.09. The van der Waals surface area contributed by atoms with Crippen molar-refractivity contribution in [3.8, 4) is 5.75 Å². The predicted molar refractivity (Wildman–Crippen MR) is 103 cm³/mol. The Hall–Kier alpha value is -2.62. The van der Waals surface area contributed by atoms with Crippen LogP contribution in [0.2, 0.25) is 0 Å². The van der Waals surface area contributed by atoms with Crippen LogP contribution in [0.1, 0.15) is 40.5 Å². The highest BCUT2D eigenvalue weighted by molar-refractivity contribution is 5.81. The van der Waals surface area contributed by atoms with Gasteiger partial charge in [-0.15, -0.1) is 0 Å². The summed E-state index contributed by atoms with van der Waals surface area (Å²) in [7, 11) is 1.56. The molecule has 0 N–H and O–H groups in total. The summed E-state index contributed by atoms with van der Waals surface area (Å²) in [4.78, 5) is 16.3. The predicted octanol–water partition coefficient (Wildman–Crippen LogP) is 5.39. The fourth-order valence-corrected chi connectivity index (χ4v) is 1.73. The molecule has 0 amide bonds. The average molecular weight is 329 g/mol. The quantitative estimate of drug-likeness (QED) is 0.705. The Kier molecular flexibility index (Phi) is 10.6. The van der Waals surface area contributed by atoms with Gasteiger partial charge in [-0.2, -0.15) is 0 Å². The van der Waals surface area contributed by atoms with E-state index >= 15 is 0 Å². The van der Waals surface area contributed by atoms with Crippen LogP contribution >= 0.6 is 0 Å². The van der Waals surface area contributed by atoms with Gasteiger partial charge in [0, 0.05) is 11.6 Å². The number of methoxy groups -OCH3 is 1. The summed E-state index contributed by atoms with van der Waals surface area (Å²) < 4.78 is 10.4. The Morgan fingerprint density at radius 1 is 1.25 bits per heavy atom. The normalized spacial score (nSPS) is 10.5. The molecule has 0 saturated carbocycles. The molecule has 0 aliphatic heterocycles. The van der Waals surface area contributed by atoms with Crippen molar-refractivity contribution in [1.29, 1.82) is 0 Å². The van der Waals surface area contributed by atoms with Crippen molar-refractivity contribution in [3.63, 3.8) is 0 Å². The summed E-state index contributed by atoms with van der Waals surface area (Å²) in [5.74, 6) is 0.878. The summed E-state index contributed by atoms with van der Waals surface area (Å²) >= 11 is 0. The summed E-state index contributed by atoms with van der Waals surface area (Å²) in [6, 6.07) is 5.04. The van der Waals surface area contributed by atoms with E-state index in [-0.39, 0.29) is 5.89 Å². The molecule has 1 aromatic carbocycles. The van der Waals surface area contributed by atoms with Gasteiger partial charge in [0.2, 0.25) is 5.89 Å². The first-order chi connectivity index (χ1) is 11.7. The summed E-state index contributed by atoms with van der Waals surface area (Å²) in [6.07, 6.45) is 7.07. The number of fused-ring (bicyclic) bond motifs is 1. The third-order valence-corrected chi connectivity index (χ3v) is 2.77. The zero-order valence-corrected chi connectivity index (χ0v) is 15.4. The van der Waals surface area contributed by atoms with E-state index in [9.17, 15) is 4.79 Å². The molecule has 1 aromatic heterocycles.